The fraction of sp³-hybridized carbons (Fsp3) is 0.485. The molecule has 17 heteroatoms. The molecule has 1 amide bonds. The molecule has 5 rings (SSSR count). The van der Waals surface area contributed by atoms with Gasteiger partial charge in [0.25, 0.3) is 0 Å². The smallest absolute Gasteiger partial charge is 0.416 e. The summed E-state index contributed by atoms with van der Waals surface area (Å²) in [4.78, 5) is 41.8. The predicted octanol–water partition coefficient (Wildman–Crippen LogP) is 6.37. The van der Waals surface area contributed by atoms with Crippen LogP contribution < -0.4 is 20.3 Å². The van der Waals surface area contributed by atoms with Gasteiger partial charge in [0.15, 0.2) is 0 Å². The van der Waals surface area contributed by atoms with Gasteiger partial charge in [-0.15, -0.1) is 0 Å². The van der Waals surface area contributed by atoms with Gasteiger partial charge in [0.2, 0.25) is 5.88 Å². The molecule has 0 radical (unpaired) electrons. The van der Waals surface area contributed by atoms with Crippen LogP contribution in [0, 0.1) is 5.92 Å². The van der Waals surface area contributed by atoms with E-state index in [-0.39, 0.29) is 74.4 Å². The molecule has 0 spiro atoms. The van der Waals surface area contributed by atoms with Crippen molar-refractivity contribution in [3.8, 4) is 5.88 Å². The van der Waals surface area contributed by atoms with Crippen LogP contribution >= 0.6 is 0 Å². The number of anilines is 2. The van der Waals surface area contributed by atoms with Gasteiger partial charge in [-0.1, -0.05) is 6.92 Å². The number of nitrogens with zero attached hydrogens (tertiary/aromatic N) is 5. The summed E-state index contributed by atoms with van der Waals surface area (Å²) < 4.78 is 93.4. The number of piperidine rings is 1. The van der Waals surface area contributed by atoms with E-state index in [0.29, 0.717) is 29.2 Å². The average Bonchev–Trinajstić information content (AvgIpc) is 3.07. The molecule has 1 aromatic carbocycles. The third-order valence-electron chi connectivity index (χ3n) is 9.10. The molecule has 3 aromatic rings. The van der Waals surface area contributed by atoms with Gasteiger partial charge in [-0.3, -0.25) is 9.69 Å². The van der Waals surface area contributed by atoms with Crippen molar-refractivity contribution in [1.29, 1.82) is 0 Å². The number of alkyl halides is 6. The monoisotopic (exact) mass is 710 g/mol. The predicted molar refractivity (Wildman–Crippen MR) is 168 cm³/mol. The summed E-state index contributed by atoms with van der Waals surface area (Å²) in [6, 6.07) is 4.49. The molecule has 11 nitrogen and oxygen atoms in total. The first-order valence-corrected chi connectivity index (χ1v) is 15.9. The highest BCUT2D eigenvalue weighted by atomic mass is 19.4. The first-order chi connectivity index (χ1) is 23.5. The lowest BCUT2D eigenvalue weighted by atomic mass is 9.83. The Labute approximate surface area is 283 Å². The number of amides is 1. The fourth-order valence-corrected chi connectivity index (χ4v) is 6.44. The summed E-state index contributed by atoms with van der Waals surface area (Å²) in [5.74, 6) is -2.06. The minimum Gasteiger partial charge on any atom is -0.481 e. The van der Waals surface area contributed by atoms with Crippen molar-refractivity contribution in [3.63, 3.8) is 0 Å². The number of carboxylic acid groups (broad SMARTS) is 1. The standard InChI is InChI=1S/C33H36F6N6O5/c1-4-31(40)16-22(27-24(6-7-26(43-27)49-3)45(31)30(48)50-5-2)28-41-17-25(44-10-8-19(9-11-44)29(46)47)23(42-28)14-18-12-20(32(34,35)36)15-21(13-18)33(37,38)39/h6-7,12-13,15,17,19,22H,4-5,8-11,14,16,40H2,1-3H3,(H,46,47)/t22-,31+/m0/s1. The first kappa shape index (κ1) is 36.6. The Morgan fingerprint density at radius 3 is 2.18 bits per heavy atom. The van der Waals surface area contributed by atoms with Crippen molar-refractivity contribution in [2.45, 2.75) is 69.9 Å². The fourth-order valence-electron chi connectivity index (χ4n) is 6.44. The Hall–Kier alpha value is -4.67. The minimum absolute atomic E-state index is 0.0278. The SMILES string of the molecule is CCOC(=O)N1c2ccc(OC)nc2[C@@H](c2ncc(N3CCC(C(=O)O)CC3)c(Cc3cc(C(F)(F)F)cc(C(F)(F)F)c3)n2)C[C@@]1(N)CC. The number of aliphatic carboxylic acids is 1. The Balaban J connectivity index is 1.66. The van der Waals surface area contributed by atoms with Crippen LogP contribution in [0.25, 0.3) is 0 Å². The zero-order valence-electron chi connectivity index (χ0n) is 27.4. The number of halogens is 6. The number of benzene rings is 1. The topological polar surface area (TPSA) is 144 Å². The van der Waals surface area contributed by atoms with E-state index in [1.165, 1.54) is 24.3 Å². The van der Waals surface area contributed by atoms with Crippen LogP contribution in [0.15, 0.2) is 36.5 Å². The molecule has 2 atom stereocenters. The maximum absolute atomic E-state index is 13.8. The molecule has 0 aliphatic carbocycles. The van der Waals surface area contributed by atoms with Crippen molar-refractivity contribution in [2.75, 3.05) is 36.6 Å². The van der Waals surface area contributed by atoms with Crippen molar-refractivity contribution in [2.24, 2.45) is 11.7 Å². The number of methoxy groups -OCH3 is 1. The number of nitrogens with two attached hydrogens (primary N) is 1. The first-order valence-electron chi connectivity index (χ1n) is 15.9. The van der Waals surface area contributed by atoms with E-state index in [2.05, 4.69) is 9.97 Å². The van der Waals surface area contributed by atoms with E-state index in [1.807, 2.05) is 0 Å². The number of rotatable bonds is 8. The highest BCUT2D eigenvalue weighted by Crippen LogP contribution is 2.46. The second kappa shape index (κ2) is 13.9. The van der Waals surface area contributed by atoms with Crippen LogP contribution in [0.5, 0.6) is 5.88 Å². The lowest BCUT2D eigenvalue weighted by Gasteiger charge is -2.46. The molecule has 1 saturated heterocycles. The van der Waals surface area contributed by atoms with Gasteiger partial charge in [-0.2, -0.15) is 26.3 Å². The molecule has 1 fully saturated rings. The van der Waals surface area contributed by atoms with E-state index < -0.39 is 59.5 Å². The van der Waals surface area contributed by atoms with E-state index in [4.69, 9.17) is 20.2 Å². The number of carbonyl (C=O) groups excluding carboxylic acids is 1. The largest absolute Gasteiger partial charge is 0.481 e. The van der Waals surface area contributed by atoms with Crippen molar-refractivity contribution >= 4 is 23.4 Å². The van der Waals surface area contributed by atoms with Gasteiger partial charge in [-0.05, 0) is 62.4 Å². The number of ether oxygens (including phenoxy) is 2. The highest BCUT2D eigenvalue weighted by Gasteiger charge is 2.47. The number of carbonyl (C=O) groups is 2. The molecule has 2 aliphatic heterocycles. The number of fused-ring (bicyclic) bond motifs is 1. The normalized spacial score (nSPS) is 20.0. The molecule has 4 heterocycles. The minimum atomic E-state index is -5.06. The summed E-state index contributed by atoms with van der Waals surface area (Å²) in [5.41, 5.74) is 3.34. The van der Waals surface area contributed by atoms with Crippen LogP contribution in [0.4, 0.5) is 42.5 Å². The Bertz CT molecular complexity index is 1710. The molecule has 0 bridgehead atoms. The van der Waals surface area contributed by atoms with Crippen LogP contribution in [0.2, 0.25) is 0 Å². The van der Waals surface area contributed by atoms with Crippen LogP contribution in [-0.4, -0.2) is 64.6 Å². The molecule has 2 aromatic heterocycles. The lowest BCUT2D eigenvalue weighted by molar-refractivity contribution is -0.144. The van der Waals surface area contributed by atoms with E-state index in [9.17, 15) is 41.0 Å². The van der Waals surface area contributed by atoms with Crippen LogP contribution in [-0.2, 0) is 28.3 Å². The summed E-state index contributed by atoms with van der Waals surface area (Å²) in [6.45, 7) is 3.97. The zero-order chi connectivity index (χ0) is 36.6. The summed E-state index contributed by atoms with van der Waals surface area (Å²) in [7, 11) is 1.40. The second-order valence-corrected chi connectivity index (χ2v) is 12.3. The Morgan fingerprint density at radius 1 is 1.00 bits per heavy atom. The molecule has 3 N–H and O–H groups in total. The van der Waals surface area contributed by atoms with Crippen LogP contribution in [0.1, 0.15) is 79.4 Å². The van der Waals surface area contributed by atoms with Gasteiger partial charge in [0.1, 0.15) is 11.5 Å². The van der Waals surface area contributed by atoms with Crippen LogP contribution in [0.3, 0.4) is 0 Å². The van der Waals surface area contributed by atoms with E-state index in [1.54, 1.807) is 24.8 Å². The maximum atomic E-state index is 13.8. The molecule has 50 heavy (non-hydrogen) atoms. The molecule has 2 aliphatic rings. The third-order valence-corrected chi connectivity index (χ3v) is 9.10. The maximum Gasteiger partial charge on any atom is 0.416 e. The zero-order valence-corrected chi connectivity index (χ0v) is 27.4. The van der Waals surface area contributed by atoms with E-state index >= 15 is 0 Å². The molecule has 270 valence electrons. The van der Waals surface area contributed by atoms with Gasteiger partial charge in [-0.25, -0.2) is 19.7 Å². The number of hydrogen-bond donors (Lipinski definition) is 2. The Kier molecular flexibility index (Phi) is 10.2. The summed E-state index contributed by atoms with van der Waals surface area (Å²) >= 11 is 0. The van der Waals surface area contributed by atoms with Gasteiger partial charge in [0.05, 0.1) is 65.6 Å². The Morgan fingerprint density at radius 2 is 1.64 bits per heavy atom. The molecule has 0 saturated carbocycles. The average molecular weight is 711 g/mol. The molecular formula is C33H36F6N6O5. The van der Waals surface area contributed by atoms with Gasteiger partial charge in [0, 0.05) is 25.6 Å². The van der Waals surface area contributed by atoms with Crippen molar-refractivity contribution in [3.05, 3.63) is 70.4 Å². The number of carboxylic acids is 1. The highest BCUT2D eigenvalue weighted by molar-refractivity contribution is 5.91. The lowest BCUT2D eigenvalue weighted by Crippen LogP contribution is -2.61. The van der Waals surface area contributed by atoms with Gasteiger partial charge >= 0.3 is 24.4 Å². The third kappa shape index (κ3) is 7.41. The number of pyridine rings is 1. The molecular weight excluding hydrogens is 674 g/mol. The number of aromatic nitrogens is 3. The quantitative estimate of drug-likeness (QED) is 0.253. The second-order valence-electron chi connectivity index (χ2n) is 12.3. The van der Waals surface area contributed by atoms with Gasteiger partial charge < -0.3 is 25.2 Å². The van der Waals surface area contributed by atoms with Crippen molar-refractivity contribution < 1.29 is 50.5 Å². The van der Waals surface area contributed by atoms with Crippen molar-refractivity contribution in [1.82, 2.24) is 15.0 Å². The summed E-state index contributed by atoms with van der Waals surface area (Å²) in [6.07, 6.45) is -9.04. The van der Waals surface area contributed by atoms with E-state index in [0.717, 1.165) is 0 Å². The number of hydrogen-bond acceptors (Lipinski definition) is 9. The summed E-state index contributed by atoms with van der Waals surface area (Å²) in [5, 5.41) is 9.49. The molecule has 0 unspecified atom stereocenters.